The number of rotatable bonds is 7. The molecular formula is C16H26ClN3. The number of anilines is 1. The van der Waals surface area contributed by atoms with Gasteiger partial charge in [0.25, 0.3) is 0 Å². The number of nitrogens with zero attached hydrogens (tertiary/aromatic N) is 2. The summed E-state index contributed by atoms with van der Waals surface area (Å²) in [6.45, 7) is 7.53. The molecule has 1 atom stereocenters. The summed E-state index contributed by atoms with van der Waals surface area (Å²) in [4.78, 5) is 6.98. The second-order valence-corrected chi connectivity index (χ2v) is 6.75. The Morgan fingerprint density at radius 1 is 1.35 bits per heavy atom. The van der Waals surface area contributed by atoms with Crippen molar-refractivity contribution in [2.75, 3.05) is 11.9 Å². The predicted molar refractivity (Wildman–Crippen MR) is 86.4 cm³/mol. The highest BCUT2D eigenvalue weighted by molar-refractivity contribution is 6.31. The van der Waals surface area contributed by atoms with E-state index in [1.165, 1.54) is 12.8 Å². The zero-order valence-corrected chi connectivity index (χ0v) is 13.7. The SMILES string of the molecule is CC(C)CC(C)N(C)c1ccc(Cl)c(CNC2CC2)n1. The molecule has 0 radical (unpaired) electrons. The fraction of sp³-hybridized carbons (Fsp3) is 0.688. The highest BCUT2D eigenvalue weighted by Crippen LogP contribution is 2.24. The number of pyridine rings is 1. The molecule has 1 unspecified atom stereocenters. The van der Waals surface area contributed by atoms with Crippen molar-refractivity contribution >= 4 is 17.4 Å². The van der Waals surface area contributed by atoms with Crippen LogP contribution in [0.25, 0.3) is 0 Å². The number of nitrogens with one attached hydrogen (secondary N) is 1. The summed E-state index contributed by atoms with van der Waals surface area (Å²) in [5, 5.41) is 4.23. The number of aromatic nitrogens is 1. The van der Waals surface area contributed by atoms with Crippen LogP contribution in [0, 0.1) is 5.92 Å². The first-order valence-corrected chi connectivity index (χ1v) is 7.96. The molecule has 1 aliphatic rings. The third kappa shape index (κ3) is 4.35. The maximum atomic E-state index is 6.25. The summed E-state index contributed by atoms with van der Waals surface area (Å²) >= 11 is 6.25. The molecule has 2 rings (SSSR count). The van der Waals surface area contributed by atoms with Crippen molar-refractivity contribution in [3.05, 3.63) is 22.8 Å². The van der Waals surface area contributed by atoms with Crippen LogP contribution in [0.5, 0.6) is 0 Å². The minimum atomic E-state index is 0.480. The Morgan fingerprint density at radius 2 is 2.05 bits per heavy atom. The molecule has 1 aromatic rings. The van der Waals surface area contributed by atoms with E-state index in [-0.39, 0.29) is 0 Å². The molecule has 1 heterocycles. The van der Waals surface area contributed by atoms with E-state index >= 15 is 0 Å². The van der Waals surface area contributed by atoms with Crippen molar-refractivity contribution in [1.82, 2.24) is 10.3 Å². The van der Waals surface area contributed by atoms with Crippen molar-refractivity contribution in [2.45, 2.75) is 58.7 Å². The summed E-state index contributed by atoms with van der Waals surface area (Å²) in [7, 11) is 2.11. The fourth-order valence-corrected chi connectivity index (χ4v) is 2.56. The molecule has 0 bridgehead atoms. The van der Waals surface area contributed by atoms with E-state index in [0.717, 1.165) is 29.5 Å². The minimum absolute atomic E-state index is 0.480. The van der Waals surface area contributed by atoms with Crippen molar-refractivity contribution in [3.63, 3.8) is 0 Å². The van der Waals surface area contributed by atoms with Crippen LogP contribution in [0.15, 0.2) is 12.1 Å². The second-order valence-electron chi connectivity index (χ2n) is 6.34. The molecule has 1 saturated carbocycles. The molecule has 1 aromatic heterocycles. The quantitative estimate of drug-likeness (QED) is 0.828. The lowest BCUT2D eigenvalue weighted by Gasteiger charge is -2.27. The average molecular weight is 296 g/mol. The molecule has 1 aliphatic carbocycles. The van der Waals surface area contributed by atoms with Crippen LogP contribution in [-0.2, 0) is 6.54 Å². The van der Waals surface area contributed by atoms with Crippen LogP contribution in [0.4, 0.5) is 5.82 Å². The highest BCUT2D eigenvalue weighted by Gasteiger charge is 2.21. The lowest BCUT2D eigenvalue weighted by molar-refractivity contribution is 0.501. The van der Waals surface area contributed by atoms with Crippen LogP contribution >= 0.6 is 11.6 Å². The third-order valence-electron chi connectivity index (χ3n) is 3.87. The summed E-state index contributed by atoms with van der Waals surface area (Å²) < 4.78 is 0. The van der Waals surface area contributed by atoms with Crippen LogP contribution in [0.2, 0.25) is 5.02 Å². The molecule has 0 spiro atoms. The van der Waals surface area contributed by atoms with Gasteiger partial charge < -0.3 is 10.2 Å². The second kappa shape index (κ2) is 6.77. The predicted octanol–water partition coefficient (Wildman–Crippen LogP) is 3.86. The van der Waals surface area contributed by atoms with Gasteiger partial charge in [-0.05, 0) is 44.2 Å². The topological polar surface area (TPSA) is 28.2 Å². The standard InChI is InChI=1S/C16H26ClN3/c1-11(2)9-12(3)20(4)16-8-7-14(17)15(19-16)10-18-13-5-6-13/h7-8,11-13,18H,5-6,9-10H2,1-4H3. The summed E-state index contributed by atoms with van der Waals surface area (Å²) in [6.07, 6.45) is 3.72. The van der Waals surface area contributed by atoms with Gasteiger partial charge in [-0.15, -0.1) is 0 Å². The minimum Gasteiger partial charge on any atom is -0.357 e. The first-order valence-electron chi connectivity index (χ1n) is 7.59. The largest absolute Gasteiger partial charge is 0.357 e. The van der Waals surface area contributed by atoms with E-state index < -0.39 is 0 Å². The maximum absolute atomic E-state index is 6.25. The number of halogens is 1. The van der Waals surface area contributed by atoms with E-state index in [4.69, 9.17) is 16.6 Å². The summed E-state index contributed by atoms with van der Waals surface area (Å²) in [6, 6.07) is 5.13. The lowest BCUT2D eigenvalue weighted by atomic mass is 10.0. The Balaban J connectivity index is 2.04. The average Bonchev–Trinajstić information content (AvgIpc) is 3.20. The molecule has 4 heteroatoms. The van der Waals surface area contributed by atoms with Gasteiger partial charge in [0, 0.05) is 25.7 Å². The number of hydrogen-bond donors (Lipinski definition) is 1. The smallest absolute Gasteiger partial charge is 0.128 e. The van der Waals surface area contributed by atoms with Gasteiger partial charge in [0.2, 0.25) is 0 Å². The van der Waals surface area contributed by atoms with Gasteiger partial charge in [-0.1, -0.05) is 25.4 Å². The monoisotopic (exact) mass is 295 g/mol. The van der Waals surface area contributed by atoms with E-state index in [0.29, 0.717) is 18.0 Å². The molecule has 0 aliphatic heterocycles. The molecule has 0 amide bonds. The fourth-order valence-electron chi connectivity index (χ4n) is 2.39. The summed E-state index contributed by atoms with van der Waals surface area (Å²) in [5.74, 6) is 1.70. The maximum Gasteiger partial charge on any atom is 0.128 e. The van der Waals surface area contributed by atoms with Crippen molar-refractivity contribution in [1.29, 1.82) is 0 Å². The van der Waals surface area contributed by atoms with Crippen LogP contribution < -0.4 is 10.2 Å². The Labute approximate surface area is 127 Å². The van der Waals surface area contributed by atoms with Crippen LogP contribution in [0.1, 0.15) is 45.7 Å². The van der Waals surface area contributed by atoms with Gasteiger partial charge in [-0.2, -0.15) is 0 Å². The molecule has 20 heavy (non-hydrogen) atoms. The van der Waals surface area contributed by atoms with Crippen LogP contribution in [-0.4, -0.2) is 24.1 Å². The Kier molecular flexibility index (Phi) is 5.28. The molecule has 0 aromatic carbocycles. The van der Waals surface area contributed by atoms with E-state index in [1.54, 1.807) is 0 Å². The van der Waals surface area contributed by atoms with E-state index in [2.05, 4.69) is 38.0 Å². The molecule has 0 saturated heterocycles. The van der Waals surface area contributed by atoms with E-state index in [1.807, 2.05) is 12.1 Å². The molecule has 1 fully saturated rings. The van der Waals surface area contributed by atoms with Gasteiger partial charge in [-0.3, -0.25) is 0 Å². The van der Waals surface area contributed by atoms with Gasteiger partial charge >= 0.3 is 0 Å². The first kappa shape index (κ1) is 15.6. The molecule has 1 N–H and O–H groups in total. The van der Waals surface area contributed by atoms with Crippen LogP contribution in [0.3, 0.4) is 0 Å². The zero-order chi connectivity index (χ0) is 14.7. The Morgan fingerprint density at radius 3 is 2.65 bits per heavy atom. The van der Waals surface area contributed by atoms with E-state index in [9.17, 15) is 0 Å². The van der Waals surface area contributed by atoms with Gasteiger partial charge in [-0.25, -0.2) is 4.98 Å². The first-order chi connectivity index (χ1) is 9.47. The lowest BCUT2D eigenvalue weighted by Crippen LogP contribution is -2.31. The van der Waals surface area contributed by atoms with Crippen molar-refractivity contribution < 1.29 is 0 Å². The van der Waals surface area contributed by atoms with Gasteiger partial charge in [0.15, 0.2) is 0 Å². The summed E-state index contributed by atoms with van der Waals surface area (Å²) in [5.41, 5.74) is 0.958. The highest BCUT2D eigenvalue weighted by atomic mass is 35.5. The Bertz CT molecular complexity index is 443. The molecular weight excluding hydrogens is 270 g/mol. The van der Waals surface area contributed by atoms with Crippen molar-refractivity contribution in [3.8, 4) is 0 Å². The number of hydrogen-bond acceptors (Lipinski definition) is 3. The van der Waals surface area contributed by atoms with Crippen molar-refractivity contribution in [2.24, 2.45) is 5.92 Å². The normalized spacial score (nSPS) is 16.5. The van der Waals surface area contributed by atoms with Gasteiger partial charge in [0.1, 0.15) is 5.82 Å². The molecule has 112 valence electrons. The van der Waals surface area contributed by atoms with Gasteiger partial charge in [0.05, 0.1) is 10.7 Å². The Hall–Kier alpha value is -0.800. The molecule has 3 nitrogen and oxygen atoms in total. The third-order valence-corrected chi connectivity index (χ3v) is 4.22. The zero-order valence-electron chi connectivity index (χ0n) is 13.0.